The van der Waals surface area contributed by atoms with Gasteiger partial charge < -0.3 is 4.57 Å². The minimum Gasteiger partial charge on any atom is -0.324 e. The van der Waals surface area contributed by atoms with Crippen LogP contribution in [0.2, 0.25) is 5.02 Å². The van der Waals surface area contributed by atoms with Gasteiger partial charge in [-0.25, -0.2) is 4.98 Å². The Kier molecular flexibility index (Phi) is 3.73. The van der Waals surface area contributed by atoms with Crippen LogP contribution in [-0.4, -0.2) is 21.1 Å². The van der Waals surface area contributed by atoms with Crippen molar-refractivity contribution in [1.82, 2.24) is 9.55 Å². The molecule has 0 aliphatic carbocycles. The Hall–Kier alpha value is -0.380. The molecule has 0 saturated carbocycles. The van der Waals surface area contributed by atoms with E-state index in [1.807, 2.05) is 23.9 Å². The van der Waals surface area contributed by atoms with Crippen molar-refractivity contribution in [2.45, 2.75) is 24.8 Å². The predicted octanol–water partition coefficient (Wildman–Crippen LogP) is 4.50. The van der Waals surface area contributed by atoms with Crippen molar-refractivity contribution in [2.24, 2.45) is 0 Å². The van der Waals surface area contributed by atoms with Gasteiger partial charge in [-0.1, -0.05) is 17.7 Å². The fourth-order valence-electron chi connectivity index (χ4n) is 2.58. The maximum absolute atomic E-state index is 6.22. The Bertz CT molecular complexity index is 561. The van der Waals surface area contributed by atoms with Gasteiger partial charge in [-0.3, -0.25) is 0 Å². The molecular formula is C13H14Cl2N2S. The Morgan fingerprint density at radius 1 is 1.33 bits per heavy atom. The van der Waals surface area contributed by atoms with Gasteiger partial charge in [0, 0.05) is 6.04 Å². The first-order valence-corrected chi connectivity index (χ1v) is 8.17. The first-order valence-electron chi connectivity index (χ1n) is 6.10. The molecule has 1 aliphatic rings. The summed E-state index contributed by atoms with van der Waals surface area (Å²) in [5, 5.41) is 0.711. The van der Waals surface area contributed by atoms with E-state index in [-0.39, 0.29) is 0 Å². The average Bonchev–Trinajstić information content (AvgIpc) is 2.80. The van der Waals surface area contributed by atoms with E-state index in [1.165, 1.54) is 24.3 Å². The molecular weight excluding hydrogens is 287 g/mol. The van der Waals surface area contributed by atoms with Crippen LogP contribution < -0.4 is 0 Å². The molecule has 0 spiro atoms. The van der Waals surface area contributed by atoms with Gasteiger partial charge in [-0.15, -0.1) is 11.6 Å². The number of thioether (sulfide) groups is 1. The molecule has 1 aliphatic heterocycles. The van der Waals surface area contributed by atoms with Crippen molar-refractivity contribution >= 4 is 46.0 Å². The summed E-state index contributed by atoms with van der Waals surface area (Å²) in [5.41, 5.74) is 2.00. The number of rotatable bonds is 2. The zero-order valence-corrected chi connectivity index (χ0v) is 12.2. The third kappa shape index (κ3) is 2.13. The summed E-state index contributed by atoms with van der Waals surface area (Å²) in [5.74, 6) is 3.81. The van der Waals surface area contributed by atoms with E-state index in [9.17, 15) is 0 Å². The molecule has 1 saturated heterocycles. The van der Waals surface area contributed by atoms with Crippen molar-refractivity contribution < 1.29 is 0 Å². The highest BCUT2D eigenvalue weighted by molar-refractivity contribution is 7.99. The van der Waals surface area contributed by atoms with Crippen LogP contribution in [0.1, 0.15) is 24.7 Å². The van der Waals surface area contributed by atoms with Crippen molar-refractivity contribution in [3.8, 4) is 0 Å². The van der Waals surface area contributed by atoms with Crippen molar-refractivity contribution in [3.63, 3.8) is 0 Å². The lowest BCUT2D eigenvalue weighted by Crippen LogP contribution is -2.17. The molecule has 96 valence electrons. The molecule has 2 heterocycles. The van der Waals surface area contributed by atoms with E-state index < -0.39 is 0 Å². The SMILES string of the molecule is ClCc1nc2c(Cl)cccc2n1C1CCSCC1. The highest BCUT2D eigenvalue weighted by Crippen LogP contribution is 2.33. The van der Waals surface area contributed by atoms with E-state index in [0.717, 1.165) is 16.9 Å². The standard InChI is InChI=1S/C13H14Cl2N2S/c14-8-12-16-13-10(15)2-1-3-11(13)17(12)9-4-6-18-7-5-9/h1-3,9H,4-8H2. The molecule has 2 aromatic rings. The van der Waals surface area contributed by atoms with Crippen molar-refractivity contribution in [3.05, 3.63) is 29.0 Å². The van der Waals surface area contributed by atoms with Gasteiger partial charge in [-0.05, 0) is 36.5 Å². The van der Waals surface area contributed by atoms with Crippen molar-refractivity contribution in [1.29, 1.82) is 0 Å². The van der Waals surface area contributed by atoms with Crippen LogP contribution in [0.4, 0.5) is 0 Å². The Balaban J connectivity index is 2.16. The van der Waals surface area contributed by atoms with Gasteiger partial charge in [-0.2, -0.15) is 11.8 Å². The van der Waals surface area contributed by atoms with E-state index in [2.05, 4.69) is 15.6 Å². The summed E-state index contributed by atoms with van der Waals surface area (Å²) in [6.07, 6.45) is 2.37. The quantitative estimate of drug-likeness (QED) is 0.760. The van der Waals surface area contributed by atoms with E-state index >= 15 is 0 Å². The number of benzene rings is 1. The minimum atomic E-state index is 0.439. The van der Waals surface area contributed by atoms with E-state index in [4.69, 9.17) is 23.2 Å². The predicted molar refractivity (Wildman–Crippen MR) is 79.9 cm³/mol. The third-order valence-electron chi connectivity index (χ3n) is 3.42. The van der Waals surface area contributed by atoms with Gasteiger partial charge in [0.05, 0.1) is 16.4 Å². The summed E-state index contributed by atoms with van der Waals surface area (Å²) in [7, 11) is 0. The second-order valence-corrected chi connectivity index (χ2v) is 6.38. The summed E-state index contributed by atoms with van der Waals surface area (Å²) >= 11 is 14.3. The monoisotopic (exact) mass is 300 g/mol. The lowest BCUT2D eigenvalue weighted by atomic mass is 10.1. The maximum atomic E-state index is 6.22. The Morgan fingerprint density at radius 2 is 2.11 bits per heavy atom. The van der Waals surface area contributed by atoms with Crippen LogP contribution in [0.25, 0.3) is 11.0 Å². The second-order valence-electron chi connectivity index (χ2n) is 4.48. The number of halogens is 2. The van der Waals surface area contributed by atoms with Crippen LogP contribution in [0, 0.1) is 0 Å². The number of imidazole rings is 1. The molecule has 0 unspecified atom stereocenters. The molecule has 2 nitrogen and oxygen atoms in total. The van der Waals surface area contributed by atoms with E-state index in [1.54, 1.807) is 0 Å². The molecule has 0 radical (unpaired) electrons. The average molecular weight is 301 g/mol. The summed E-state index contributed by atoms with van der Waals surface area (Å²) in [6, 6.07) is 6.48. The van der Waals surface area contributed by atoms with Crippen molar-refractivity contribution in [2.75, 3.05) is 11.5 Å². The first-order chi connectivity index (χ1) is 8.81. The number of hydrogen-bond donors (Lipinski definition) is 0. The summed E-state index contributed by atoms with van der Waals surface area (Å²) in [4.78, 5) is 4.60. The third-order valence-corrected chi connectivity index (χ3v) is 5.01. The van der Waals surface area contributed by atoms with Gasteiger partial charge in [0.2, 0.25) is 0 Å². The fourth-order valence-corrected chi connectivity index (χ4v) is 4.06. The highest BCUT2D eigenvalue weighted by atomic mass is 35.5. The van der Waals surface area contributed by atoms with Gasteiger partial charge in [0.25, 0.3) is 0 Å². The normalized spacial score (nSPS) is 17.4. The number of fused-ring (bicyclic) bond motifs is 1. The van der Waals surface area contributed by atoms with Gasteiger partial charge in [0.1, 0.15) is 11.3 Å². The number of alkyl halides is 1. The zero-order chi connectivity index (χ0) is 12.5. The molecule has 0 bridgehead atoms. The number of nitrogens with zero attached hydrogens (tertiary/aromatic N) is 2. The second kappa shape index (κ2) is 5.32. The lowest BCUT2D eigenvalue weighted by Gasteiger charge is -2.25. The first kappa shape index (κ1) is 12.6. The molecule has 0 amide bonds. The molecule has 0 N–H and O–H groups in total. The topological polar surface area (TPSA) is 17.8 Å². The molecule has 18 heavy (non-hydrogen) atoms. The van der Waals surface area contributed by atoms with Gasteiger partial charge in [0.15, 0.2) is 0 Å². The lowest BCUT2D eigenvalue weighted by molar-refractivity contribution is 0.470. The van der Waals surface area contributed by atoms with E-state index in [0.29, 0.717) is 16.9 Å². The van der Waals surface area contributed by atoms with Crippen LogP contribution >= 0.6 is 35.0 Å². The molecule has 3 rings (SSSR count). The Labute approximate surface area is 121 Å². The Morgan fingerprint density at radius 3 is 2.83 bits per heavy atom. The van der Waals surface area contributed by atoms with Crippen LogP contribution in [0.3, 0.4) is 0 Å². The molecule has 5 heteroatoms. The molecule has 1 aromatic heterocycles. The number of para-hydroxylation sites is 1. The maximum Gasteiger partial charge on any atom is 0.125 e. The molecule has 0 atom stereocenters. The van der Waals surface area contributed by atoms with Crippen LogP contribution in [0.5, 0.6) is 0 Å². The minimum absolute atomic E-state index is 0.439. The largest absolute Gasteiger partial charge is 0.324 e. The number of hydrogen-bond acceptors (Lipinski definition) is 2. The van der Waals surface area contributed by atoms with Crippen LogP contribution in [0.15, 0.2) is 18.2 Å². The fraction of sp³-hybridized carbons (Fsp3) is 0.462. The highest BCUT2D eigenvalue weighted by Gasteiger charge is 2.21. The molecule has 1 fully saturated rings. The summed E-state index contributed by atoms with van der Waals surface area (Å²) < 4.78 is 2.30. The molecule has 1 aromatic carbocycles. The number of aromatic nitrogens is 2. The van der Waals surface area contributed by atoms with Crippen LogP contribution in [-0.2, 0) is 5.88 Å². The smallest absolute Gasteiger partial charge is 0.125 e. The zero-order valence-electron chi connectivity index (χ0n) is 9.90. The summed E-state index contributed by atoms with van der Waals surface area (Å²) in [6.45, 7) is 0. The van der Waals surface area contributed by atoms with Gasteiger partial charge >= 0.3 is 0 Å².